The SMILES string of the molecule is O=C(CC1CCCCO1)N1CCN(CCCc2ccc(Cl)cc2)CC1. The molecule has 0 N–H and O–H groups in total. The lowest BCUT2D eigenvalue weighted by atomic mass is 10.1. The molecule has 4 nitrogen and oxygen atoms in total. The summed E-state index contributed by atoms with van der Waals surface area (Å²) in [7, 11) is 0. The van der Waals surface area contributed by atoms with E-state index in [0.717, 1.165) is 70.0 Å². The third kappa shape index (κ3) is 5.98. The van der Waals surface area contributed by atoms with E-state index in [1.807, 2.05) is 17.0 Å². The summed E-state index contributed by atoms with van der Waals surface area (Å²) in [5.74, 6) is 0.271. The molecule has 2 saturated heterocycles. The van der Waals surface area contributed by atoms with Gasteiger partial charge in [0.25, 0.3) is 0 Å². The van der Waals surface area contributed by atoms with E-state index in [1.54, 1.807) is 0 Å². The molecule has 0 aliphatic carbocycles. The van der Waals surface area contributed by atoms with Crippen LogP contribution in [0.1, 0.15) is 37.7 Å². The number of piperazine rings is 1. The highest BCUT2D eigenvalue weighted by Crippen LogP contribution is 2.17. The maximum atomic E-state index is 12.4. The molecule has 0 radical (unpaired) electrons. The molecule has 3 rings (SSSR count). The Balaban J connectivity index is 1.32. The minimum atomic E-state index is 0.152. The highest BCUT2D eigenvalue weighted by atomic mass is 35.5. The maximum absolute atomic E-state index is 12.4. The lowest BCUT2D eigenvalue weighted by molar-refractivity contribution is -0.136. The average molecular weight is 365 g/mol. The van der Waals surface area contributed by atoms with Gasteiger partial charge in [-0.1, -0.05) is 23.7 Å². The van der Waals surface area contributed by atoms with Crippen molar-refractivity contribution in [2.24, 2.45) is 0 Å². The van der Waals surface area contributed by atoms with Crippen LogP contribution in [0.15, 0.2) is 24.3 Å². The van der Waals surface area contributed by atoms with E-state index in [4.69, 9.17) is 16.3 Å². The van der Waals surface area contributed by atoms with Crippen LogP contribution in [0.5, 0.6) is 0 Å². The quantitative estimate of drug-likeness (QED) is 0.775. The lowest BCUT2D eigenvalue weighted by Gasteiger charge is -2.35. The molecule has 2 aliphatic heterocycles. The molecule has 1 atom stereocenters. The molecule has 2 heterocycles. The molecule has 1 amide bonds. The average Bonchev–Trinajstić information content (AvgIpc) is 2.65. The first-order valence-corrected chi connectivity index (χ1v) is 9.95. The first-order chi connectivity index (χ1) is 12.2. The molecule has 1 aromatic carbocycles. The fraction of sp³-hybridized carbons (Fsp3) is 0.650. The third-order valence-electron chi connectivity index (χ3n) is 5.25. The van der Waals surface area contributed by atoms with Crippen molar-refractivity contribution in [3.63, 3.8) is 0 Å². The van der Waals surface area contributed by atoms with E-state index in [0.29, 0.717) is 6.42 Å². The highest BCUT2D eigenvalue weighted by molar-refractivity contribution is 6.30. The molecule has 1 aromatic rings. The minimum Gasteiger partial charge on any atom is -0.378 e. The van der Waals surface area contributed by atoms with Crippen LogP contribution in [-0.2, 0) is 16.0 Å². The van der Waals surface area contributed by atoms with Crippen LogP contribution < -0.4 is 0 Å². The Bertz CT molecular complexity index is 535. The van der Waals surface area contributed by atoms with Gasteiger partial charge in [0, 0.05) is 37.8 Å². The topological polar surface area (TPSA) is 32.8 Å². The zero-order valence-corrected chi connectivity index (χ0v) is 15.7. The second-order valence-electron chi connectivity index (χ2n) is 7.15. The molecule has 0 aromatic heterocycles. The minimum absolute atomic E-state index is 0.152. The number of hydrogen-bond donors (Lipinski definition) is 0. The van der Waals surface area contributed by atoms with Crippen molar-refractivity contribution in [2.75, 3.05) is 39.3 Å². The van der Waals surface area contributed by atoms with Crippen LogP contribution in [0, 0.1) is 0 Å². The van der Waals surface area contributed by atoms with Crippen LogP contribution in [0.4, 0.5) is 0 Å². The van der Waals surface area contributed by atoms with Gasteiger partial charge in [-0.25, -0.2) is 0 Å². The number of aryl methyl sites for hydroxylation is 1. The van der Waals surface area contributed by atoms with Crippen molar-refractivity contribution < 1.29 is 9.53 Å². The molecule has 2 aliphatic rings. The second kappa shape index (κ2) is 9.56. The van der Waals surface area contributed by atoms with Gasteiger partial charge in [0.15, 0.2) is 0 Å². The van der Waals surface area contributed by atoms with E-state index < -0.39 is 0 Å². The largest absolute Gasteiger partial charge is 0.378 e. The van der Waals surface area contributed by atoms with Gasteiger partial charge in [-0.05, 0) is 56.3 Å². The standard InChI is InChI=1S/C20H29ClN2O2/c21-18-8-6-17(7-9-18)4-3-10-22-11-13-23(14-12-22)20(24)16-19-5-1-2-15-25-19/h6-9,19H,1-5,10-16H2. The summed E-state index contributed by atoms with van der Waals surface area (Å²) >= 11 is 5.92. The van der Waals surface area contributed by atoms with Crippen molar-refractivity contribution in [3.8, 4) is 0 Å². The lowest BCUT2D eigenvalue weighted by Crippen LogP contribution is -2.49. The number of amides is 1. The van der Waals surface area contributed by atoms with Crippen molar-refractivity contribution >= 4 is 17.5 Å². The Labute approximate surface area is 156 Å². The summed E-state index contributed by atoms with van der Waals surface area (Å²) in [5.41, 5.74) is 1.34. The van der Waals surface area contributed by atoms with Crippen molar-refractivity contribution in [3.05, 3.63) is 34.9 Å². The molecule has 0 saturated carbocycles. The summed E-state index contributed by atoms with van der Waals surface area (Å²) < 4.78 is 5.70. The van der Waals surface area contributed by atoms with Crippen LogP contribution in [0.25, 0.3) is 0 Å². The number of ether oxygens (including phenoxy) is 1. The van der Waals surface area contributed by atoms with Gasteiger partial charge >= 0.3 is 0 Å². The Morgan fingerprint density at radius 1 is 1.12 bits per heavy atom. The Morgan fingerprint density at radius 2 is 1.88 bits per heavy atom. The zero-order valence-electron chi connectivity index (χ0n) is 15.0. The summed E-state index contributed by atoms with van der Waals surface area (Å²) in [6.07, 6.45) is 6.31. The van der Waals surface area contributed by atoms with Gasteiger partial charge in [-0.2, -0.15) is 0 Å². The molecule has 25 heavy (non-hydrogen) atoms. The van der Waals surface area contributed by atoms with Crippen molar-refractivity contribution in [1.82, 2.24) is 9.80 Å². The van der Waals surface area contributed by atoms with E-state index in [9.17, 15) is 4.79 Å². The highest BCUT2D eigenvalue weighted by Gasteiger charge is 2.24. The molecular weight excluding hydrogens is 336 g/mol. The normalized spacial score (nSPS) is 22.1. The number of hydrogen-bond acceptors (Lipinski definition) is 3. The predicted octanol–water partition coefficient (Wildman–Crippen LogP) is 3.38. The van der Waals surface area contributed by atoms with Gasteiger partial charge in [-0.15, -0.1) is 0 Å². The fourth-order valence-corrected chi connectivity index (χ4v) is 3.80. The summed E-state index contributed by atoms with van der Waals surface area (Å²) in [6.45, 7) is 5.59. The van der Waals surface area contributed by atoms with Crippen molar-refractivity contribution in [2.45, 2.75) is 44.6 Å². The van der Waals surface area contributed by atoms with Gasteiger partial charge in [-0.3, -0.25) is 9.69 Å². The molecule has 2 fully saturated rings. The van der Waals surface area contributed by atoms with Crippen LogP contribution in [0.2, 0.25) is 5.02 Å². The molecular formula is C20H29ClN2O2. The molecule has 0 spiro atoms. The first kappa shape index (κ1) is 18.7. The van der Waals surface area contributed by atoms with Gasteiger partial charge in [0.05, 0.1) is 12.5 Å². The van der Waals surface area contributed by atoms with E-state index in [1.165, 1.54) is 12.0 Å². The van der Waals surface area contributed by atoms with Crippen LogP contribution in [0.3, 0.4) is 0 Å². The third-order valence-corrected chi connectivity index (χ3v) is 5.51. The zero-order chi connectivity index (χ0) is 17.5. The summed E-state index contributed by atoms with van der Waals surface area (Å²) in [4.78, 5) is 16.9. The summed E-state index contributed by atoms with van der Waals surface area (Å²) in [5, 5.41) is 0.795. The maximum Gasteiger partial charge on any atom is 0.225 e. The second-order valence-corrected chi connectivity index (χ2v) is 7.58. The Kier molecular flexibility index (Phi) is 7.14. The first-order valence-electron chi connectivity index (χ1n) is 9.57. The smallest absolute Gasteiger partial charge is 0.225 e. The number of rotatable bonds is 6. The monoisotopic (exact) mass is 364 g/mol. The molecule has 138 valence electrons. The van der Waals surface area contributed by atoms with Gasteiger partial charge in [0.2, 0.25) is 5.91 Å². The fourth-order valence-electron chi connectivity index (χ4n) is 3.67. The number of carbonyl (C=O) groups excluding carboxylic acids is 1. The number of benzene rings is 1. The molecule has 5 heteroatoms. The molecule has 1 unspecified atom stereocenters. The van der Waals surface area contributed by atoms with E-state index in [-0.39, 0.29) is 12.0 Å². The predicted molar refractivity (Wildman–Crippen MR) is 101 cm³/mol. The van der Waals surface area contributed by atoms with E-state index in [2.05, 4.69) is 17.0 Å². The van der Waals surface area contributed by atoms with E-state index >= 15 is 0 Å². The Morgan fingerprint density at radius 3 is 2.56 bits per heavy atom. The van der Waals surface area contributed by atoms with Gasteiger partial charge < -0.3 is 9.64 Å². The van der Waals surface area contributed by atoms with Crippen LogP contribution in [-0.4, -0.2) is 61.1 Å². The number of nitrogens with zero attached hydrogens (tertiary/aromatic N) is 2. The van der Waals surface area contributed by atoms with Crippen molar-refractivity contribution in [1.29, 1.82) is 0 Å². The van der Waals surface area contributed by atoms with Crippen LogP contribution >= 0.6 is 11.6 Å². The number of carbonyl (C=O) groups is 1. The molecule has 0 bridgehead atoms. The number of halogens is 1. The Hall–Kier alpha value is -1.10. The van der Waals surface area contributed by atoms with Gasteiger partial charge in [0.1, 0.15) is 0 Å². The summed E-state index contributed by atoms with van der Waals surface area (Å²) in [6, 6.07) is 8.12.